The van der Waals surface area contributed by atoms with Gasteiger partial charge < -0.3 is 19.4 Å². The van der Waals surface area contributed by atoms with Gasteiger partial charge in [-0.25, -0.2) is 0 Å². The Bertz CT molecular complexity index is 779. The maximum atomic E-state index is 12.7. The summed E-state index contributed by atoms with van der Waals surface area (Å²) in [4.78, 5) is 18.3. The van der Waals surface area contributed by atoms with Crippen molar-refractivity contribution >= 4 is 11.6 Å². The van der Waals surface area contributed by atoms with Crippen LogP contribution in [0.5, 0.6) is 5.75 Å². The highest BCUT2D eigenvalue weighted by Gasteiger charge is 2.23. The van der Waals surface area contributed by atoms with Gasteiger partial charge in [0.2, 0.25) is 0 Å². The standard InChI is InChI=1S/C24H33N3O2/c1-19(2)21-7-5-20(6-8-21)17-25(3)18-24(28)27-15-13-26(14-16-27)22-9-11-23(29-4)12-10-22/h5-12,19H,13-18H2,1-4H3/p+1. The Balaban J connectivity index is 1.46. The van der Waals surface area contributed by atoms with Crippen molar-refractivity contribution in [1.29, 1.82) is 0 Å². The topological polar surface area (TPSA) is 37.2 Å². The molecule has 0 aromatic heterocycles. The molecule has 0 spiro atoms. The van der Waals surface area contributed by atoms with Gasteiger partial charge in [0.25, 0.3) is 5.91 Å². The maximum Gasteiger partial charge on any atom is 0.277 e. The first kappa shape index (κ1) is 21.2. The van der Waals surface area contributed by atoms with E-state index in [9.17, 15) is 4.79 Å². The summed E-state index contributed by atoms with van der Waals surface area (Å²) >= 11 is 0. The summed E-state index contributed by atoms with van der Waals surface area (Å²) < 4.78 is 5.23. The van der Waals surface area contributed by atoms with E-state index in [1.165, 1.54) is 21.7 Å². The monoisotopic (exact) mass is 396 g/mol. The maximum absolute atomic E-state index is 12.7. The van der Waals surface area contributed by atoms with Gasteiger partial charge in [-0.2, -0.15) is 0 Å². The number of likely N-dealkylation sites (N-methyl/N-ethyl adjacent to an activating group) is 1. The number of benzene rings is 2. The van der Waals surface area contributed by atoms with Crippen LogP contribution in [-0.2, 0) is 11.3 Å². The predicted octanol–water partition coefficient (Wildman–Crippen LogP) is 2.18. The highest BCUT2D eigenvalue weighted by Crippen LogP contribution is 2.20. The van der Waals surface area contributed by atoms with Crippen molar-refractivity contribution in [2.24, 2.45) is 0 Å². The van der Waals surface area contributed by atoms with Gasteiger partial charge in [0.15, 0.2) is 6.54 Å². The average molecular weight is 397 g/mol. The lowest BCUT2D eigenvalue weighted by Crippen LogP contribution is -3.09. The summed E-state index contributed by atoms with van der Waals surface area (Å²) in [6.07, 6.45) is 0. The highest BCUT2D eigenvalue weighted by molar-refractivity contribution is 5.77. The van der Waals surface area contributed by atoms with E-state index in [1.54, 1.807) is 7.11 Å². The van der Waals surface area contributed by atoms with Crippen LogP contribution in [0.15, 0.2) is 48.5 Å². The molecule has 5 heteroatoms. The van der Waals surface area contributed by atoms with Gasteiger partial charge in [0.05, 0.1) is 14.2 Å². The third-order valence-electron chi connectivity index (χ3n) is 5.68. The molecule has 1 amide bonds. The van der Waals surface area contributed by atoms with Gasteiger partial charge in [0.1, 0.15) is 12.3 Å². The van der Waals surface area contributed by atoms with Crippen LogP contribution in [0.4, 0.5) is 5.69 Å². The molecule has 1 aliphatic heterocycles. The normalized spacial score (nSPS) is 15.5. The molecule has 2 aromatic rings. The van der Waals surface area contributed by atoms with Crippen molar-refractivity contribution in [2.45, 2.75) is 26.3 Å². The van der Waals surface area contributed by atoms with E-state index in [2.05, 4.69) is 62.2 Å². The van der Waals surface area contributed by atoms with E-state index in [0.29, 0.717) is 12.5 Å². The van der Waals surface area contributed by atoms with E-state index >= 15 is 0 Å². The number of amides is 1. The van der Waals surface area contributed by atoms with Crippen molar-refractivity contribution in [2.75, 3.05) is 51.8 Å². The first-order valence-corrected chi connectivity index (χ1v) is 10.5. The number of anilines is 1. The van der Waals surface area contributed by atoms with Crippen LogP contribution in [0.3, 0.4) is 0 Å². The summed E-state index contributed by atoms with van der Waals surface area (Å²) in [6.45, 7) is 9.12. The van der Waals surface area contributed by atoms with Crippen molar-refractivity contribution < 1.29 is 14.4 Å². The van der Waals surface area contributed by atoms with E-state index in [0.717, 1.165) is 38.5 Å². The van der Waals surface area contributed by atoms with Crippen LogP contribution in [0.1, 0.15) is 30.9 Å². The SMILES string of the molecule is COc1ccc(N2CCN(C(=O)C[NH+](C)Cc3ccc(C(C)C)cc3)CC2)cc1. The Labute approximate surface area is 174 Å². The number of carbonyl (C=O) groups is 1. The van der Waals surface area contributed by atoms with Crippen LogP contribution in [0, 0.1) is 0 Å². The number of methoxy groups -OCH3 is 1. The van der Waals surface area contributed by atoms with E-state index in [-0.39, 0.29) is 5.91 Å². The number of hydrogen-bond donors (Lipinski definition) is 1. The minimum atomic E-state index is 0.246. The average Bonchev–Trinajstić information content (AvgIpc) is 2.74. The van der Waals surface area contributed by atoms with Crippen molar-refractivity contribution in [3.8, 4) is 5.75 Å². The summed E-state index contributed by atoms with van der Waals surface area (Å²) in [7, 11) is 3.78. The molecule has 3 rings (SSSR count). The molecule has 29 heavy (non-hydrogen) atoms. The van der Waals surface area contributed by atoms with Gasteiger partial charge in [-0.1, -0.05) is 38.1 Å². The fraction of sp³-hybridized carbons (Fsp3) is 0.458. The minimum Gasteiger partial charge on any atom is -0.497 e. The van der Waals surface area contributed by atoms with E-state index in [1.807, 2.05) is 17.0 Å². The molecule has 1 saturated heterocycles. The smallest absolute Gasteiger partial charge is 0.277 e. The van der Waals surface area contributed by atoms with Gasteiger partial charge in [-0.15, -0.1) is 0 Å². The van der Waals surface area contributed by atoms with Gasteiger partial charge in [0, 0.05) is 37.4 Å². The second-order valence-corrected chi connectivity index (χ2v) is 8.27. The molecule has 1 N–H and O–H groups in total. The molecule has 1 fully saturated rings. The van der Waals surface area contributed by atoms with Crippen LogP contribution >= 0.6 is 0 Å². The summed E-state index contributed by atoms with van der Waals surface area (Å²) in [5, 5.41) is 0. The molecule has 0 aliphatic carbocycles. The molecule has 0 bridgehead atoms. The zero-order chi connectivity index (χ0) is 20.8. The fourth-order valence-electron chi connectivity index (χ4n) is 3.81. The summed E-state index contributed by atoms with van der Waals surface area (Å²) in [5.41, 5.74) is 3.83. The second-order valence-electron chi connectivity index (χ2n) is 8.27. The second kappa shape index (κ2) is 9.79. The molecule has 156 valence electrons. The van der Waals surface area contributed by atoms with Crippen LogP contribution in [-0.4, -0.2) is 57.7 Å². The van der Waals surface area contributed by atoms with Gasteiger partial charge in [-0.3, -0.25) is 4.79 Å². The number of rotatable bonds is 7. The first-order valence-electron chi connectivity index (χ1n) is 10.5. The number of ether oxygens (including phenoxy) is 1. The van der Waals surface area contributed by atoms with Crippen molar-refractivity contribution in [1.82, 2.24) is 4.90 Å². The molecule has 2 aromatic carbocycles. The van der Waals surface area contributed by atoms with Crippen molar-refractivity contribution in [3.63, 3.8) is 0 Å². The molecule has 0 saturated carbocycles. The molecular formula is C24H34N3O2+. The Morgan fingerprint density at radius 2 is 1.62 bits per heavy atom. The zero-order valence-electron chi connectivity index (χ0n) is 18.1. The van der Waals surface area contributed by atoms with E-state index < -0.39 is 0 Å². The Morgan fingerprint density at radius 3 is 2.17 bits per heavy atom. The third kappa shape index (κ3) is 5.73. The van der Waals surface area contributed by atoms with E-state index in [4.69, 9.17) is 4.74 Å². The quantitative estimate of drug-likeness (QED) is 0.780. The molecule has 1 unspecified atom stereocenters. The molecule has 1 atom stereocenters. The summed E-state index contributed by atoms with van der Waals surface area (Å²) in [6, 6.07) is 16.9. The number of piperazine rings is 1. The van der Waals surface area contributed by atoms with Crippen LogP contribution in [0.25, 0.3) is 0 Å². The lowest BCUT2D eigenvalue weighted by atomic mass is 10.0. The van der Waals surface area contributed by atoms with Gasteiger partial charge in [-0.05, 0) is 35.7 Å². The molecular weight excluding hydrogens is 362 g/mol. The number of nitrogens with one attached hydrogen (secondary N) is 1. The lowest BCUT2D eigenvalue weighted by Gasteiger charge is -2.36. The third-order valence-corrected chi connectivity index (χ3v) is 5.68. The summed E-state index contributed by atoms with van der Waals surface area (Å²) in [5.74, 6) is 1.66. The van der Waals surface area contributed by atoms with Crippen LogP contribution in [0.2, 0.25) is 0 Å². The Morgan fingerprint density at radius 1 is 1.00 bits per heavy atom. The largest absolute Gasteiger partial charge is 0.497 e. The molecule has 0 radical (unpaired) electrons. The molecule has 1 aliphatic rings. The lowest BCUT2D eigenvalue weighted by molar-refractivity contribution is -0.885. The predicted molar refractivity (Wildman–Crippen MR) is 118 cm³/mol. The number of quaternary nitrogens is 1. The Hall–Kier alpha value is -2.53. The molecule has 1 heterocycles. The fourth-order valence-corrected chi connectivity index (χ4v) is 3.81. The minimum absolute atomic E-state index is 0.246. The first-order chi connectivity index (χ1) is 14.0. The number of carbonyl (C=O) groups excluding carboxylic acids is 1. The highest BCUT2D eigenvalue weighted by atomic mass is 16.5. The van der Waals surface area contributed by atoms with Gasteiger partial charge >= 0.3 is 0 Å². The number of nitrogens with zero attached hydrogens (tertiary/aromatic N) is 2. The Kier molecular flexibility index (Phi) is 7.15. The molecule has 5 nitrogen and oxygen atoms in total. The van der Waals surface area contributed by atoms with Crippen molar-refractivity contribution in [3.05, 3.63) is 59.7 Å². The number of hydrogen-bond acceptors (Lipinski definition) is 3. The zero-order valence-corrected chi connectivity index (χ0v) is 18.1. The van der Waals surface area contributed by atoms with Crippen LogP contribution < -0.4 is 14.5 Å².